The van der Waals surface area contributed by atoms with Gasteiger partial charge in [-0.25, -0.2) is 0 Å². The molecule has 0 saturated carbocycles. The van der Waals surface area contributed by atoms with Crippen molar-refractivity contribution in [3.63, 3.8) is 0 Å². The van der Waals surface area contributed by atoms with Crippen LogP contribution in [0.15, 0.2) is 29.8 Å². The first-order valence-electron chi connectivity index (χ1n) is 4.89. The molecule has 82 valence electrons. The molecule has 3 heteroatoms. The van der Waals surface area contributed by atoms with E-state index in [1.54, 1.807) is 6.08 Å². The van der Waals surface area contributed by atoms with Gasteiger partial charge in [-0.3, -0.25) is 0 Å². The van der Waals surface area contributed by atoms with E-state index in [1.165, 1.54) is 5.54 Å². The quantitative estimate of drug-likeness (QED) is 0.855. The highest BCUT2D eigenvalue weighted by Gasteiger charge is 2.03. The zero-order valence-electron chi connectivity index (χ0n) is 9.03. The van der Waals surface area contributed by atoms with Crippen LogP contribution in [-0.4, -0.2) is 6.61 Å². The number of hydrogen-bond donors (Lipinski definition) is 1. The minimum Gasteiger partial charge on any atom is -0.489 e. The Kier molecular flexibility index (Phi) is 4.66. The number of hydrogen-bond acceptors (Lipinski definition) is 2. The van der Waals surface area contributed by atoms with Crippen molar-refractivity contribution in [3.8, 4) is 5.75 Å². The Hall–Kier alpha value is -0.990. The number of nitrogens with two attached hydrogens (primary N) is 1. The number of ether oxygens (including phenoxy) is 1. The van der Waals surface area contributed by atoms with Crippen LogP contribution in [0.1, 0.15) is 24.1 Å². The van der Waals surface area contributed by atoms with E-state index >= 15 is 0 Å². The lowest BCUT2D eigenvalue weighted by Gasteiger charge is -2.11. The zero-order chi connectivity index (χ0) is 11.3. The molecule has 0 aliphatic heterocycles. The van der Waals surface area contributed by atoms with Crippen LogP contribution in [0, 0.1) is 6.92 Å². The first kappa shape index (κ1) is 12.1. The van der Waals surface area contributed by atoms with Crippen LogP contribution in [0.25, 0.3) is 0 Å². The summed E-state index contributed by atoms with van der Waals surface area (Å²) in [5.41, 5.74) is 9.44. The normalized spacial score (nSPS) is 13.1. The van der Waals surface area contributed by atoms with Gasteiger partial charge in [0.1, 0.15) is 12.4 Å². The van der Waals surface area contributed by atoms with Crippen LogP contribution in [-0.2, 0) is 0 Å². The monoisotopic (exact) mass is 225 g/mol. The molecule has 2 nitrogen and oxygen atoms in total. The highest BCUT2D eigenvalue weighted by molar-refractivity contribution is 6.25. The molecule has 0 heterocycles. The first-order chi connectivity index (χ1) is 7.15. The predicted molar refractivity (Wildman–Crippen MR) is 64.3 cm³/mol. The van der Waals surface area contributed by atoms with Crippen molar-refractivity contribution in [2.45, 2.75) is 19.9 Å². The Morgan fingerprint density at radius 3 is 2.80 bits per heavy atom. The van der Waals surface area contributed by atoms with Crippen LogP contribution in [0.4, 0.5) is 0 Å². The second-order valence-corrected chi connectivity index (χ2v) is 3.74. The molecule has 1 rings (SSSR count). The predicted octanol–water partition coefficient (Wildman–Crippen LogP) is 3.15. The summed E-state index contributed by atoms with van der Waals surface area (Å²) in [7, 11) is 0. The fourth-order valence-electron chi connectivity index (χ4n) is 1.29. The van der Waals surface area contributed by atoms with Gasteiger partial charge in [0.05, 0.1) is 0 Å². The zero-order valence-corrected chi connectivity index (χ0v) is 9.79. The van der Waals surface area contributed by atoms with Crippen molar-refractivity contribution in [2.24, 2.45) is 5.73 Å². The topological polar surface area (TPSA) is 35.2 Å². The van der Waals surface area contributed by atoms with Crippen molar-refractivity contribution in [2.75, 3.05) is 6.61 Å². The summed E-state index contributed by atoms with van der Waals surface area (Å²) >= 11 is 5.40. The van der Waals surface area contributed by atoms with Crippen molar-refractivity contribution in [3.05, 3.63) is 40.9 Å². The summed E-state index contributed by atoms with van der Waals surface area (Å²) in [5, 5.41) is 0. The molecule has 0 aromatic heterocycles. The standard InChI is InChI=1S/C12H16ClNO/c1-9-8-11(10(2)14)4-5-12(9)15-7-3-6-13/h3-6,8,10H,7,14H2,1-2H3/b6-3+/t10-/m1/s1. The smallest absolute Gasteiger partial charge is 0.122 e. The van der Waals surface area contributed by atoms with E-state index in [-0.39, 0.29) is 6.04 Å². The van der Waals surface area contributed by atoms with Crippen molar-refractivity contribution >= 4 is 11.6 Å². The van der Waals surface area contributed by atoms with Gasteiger partial charge in [0.25, 0.3) is 0 Å². The third-order valence-electron chi connectivity index (χ3n) is 2.15. The van der Waals surface area contributed by atoms with Gasteiger partial charge in [-0.1, -0.05) is 23.7 Å². The fourth-order valence-corrected chi connectivity index (χ4v) is 1.36. The van der Waals surface area contributed by atoms with E-state index in [4.69, 9.17) is 22.1 Å². The maximum Gasteiger partial charge on any atom is 0.122 e. The molecule has 0 aliphatic carbocycles. The molecule has 1 aromatic rings. The van der Waals surface area contributed by atoms with E-state index in [1.807, 2.05) is 32.0 Å². The van der Waals surface area contributed by atoms with Crippen molar-refractivity contribution < 1.29 is 4.74 Å². The van der Waals surface area contributed by atoms with Gasteiger partial charge in [-0.15, -0.1) is 0 Å². The Morgan fingerprint density at radius 2 is 2.27 bits per heavy atom. The lowest BCUT2D eigenvalue weighted by Crippen LogP contribution is -2.05. The number of benzene rings is 1. The second kappa shape index (κ2) is 5.79. The van der Waals surface area contributed by atoms with Gasteiger partial charge in [0.2, 0.25) is 0 Å². The Balaban J connectivity index is 2.74. The molecule has 0 fully saturated rings. The van der Waals surface area contributed by atoms with Crippen LogP contribution < -0.4 is 10.5 Å². The third kappa shape index (κ3) is 3.57. The largest absolute Gasteiger partial charge is 0.489 e. The Morgan fingerprint density at radius 1 is 1.53 bits per heavy atom. The van der Waals surface area contributed by atoms with Gasteiger partial charge >= 0.3 is 0 Å². The highest BCUT2D eigenvalue weighted by atomic mass is 35.5. The molecular weight excluding hydrogens is 210 g/mol. The summed E-state index contributed by atoms with van der Waals surface area (Å²) in [5.74, 6) is 0.870. The summed E-state index contributed by atoms with van der Waals surface area (Å²) < 4.78 is 5.50. The lowest BCUT2D eigenvalue weighted by atomic mass is 10.1. The number of halogens is 1. The molecule has 0 spiro atoms. The maximum absolute atomic E-state index is 5.78. The molecular formula is C12H16ClNO. The van der Waals surface area contributed by atoms with Crippen molar-refractivity contribution in [1.29, 1.82) is 0 Å². The SMILES string of the molecule is Cc1cc([C@@H](C)N)ccc1OC/C=C/Cl. The van der Waals surface area contributed by atoms with Crippen LogP contribution >= 0.6 is 11.6 Å². The molecule has 15 heavy (non-hydrogen) atoms. The van der Waals surface area contributed by atoms with E-state index in [2.05, 4.69) is 0 Å². The highest BCUT2D eigenvalue weighted by Crippen LogP contribution is 2.21. The third-order valence-corrected chi connectivity index (χ3v) is 2.33. The van der Waals surface area contributed by atoms with Gasteiger partial charge in [0.15, 0.2) is 0 Å². The summed E-state index contributed by atoms with van der Waals surface area (Å²) in [6.45, 7) is 4.46. The van der Waals surface area contributed by atoms with Crippen LogP contribution in [0.5, 0.6) is 5.75 Å². The lowest BCUT2D eigenvalue weighted by molar-refractivity contribution is 0.360. The number of rotatable bonds is 4. The molecule has 0 saturated heterocycles. The molecule has 0 bridgehead atoms. The molecule has 1 atom stereocenters. The summed E-state index contributed by atoms with van der Waals surface area (Å²) in [6.07, 6.45) is 1.75. The molecule has 0 amide bonds. The van der Waals surface area contributed by atoms with E-state index in [0.717, 1.165) is 16.9 Å². The van der Waals surface area contributed by atoms with E-state index < -0.39 is 0 Å². The Bertz CT molecular complexity index is 347. The van der Waals surface area contributed by atoms with Gasteiger partial charge in [0, 0.05) is 11.6 Å². The second-order valence-electron chi connectivity index (χ2n) is 3.49. The van der Waals surface area contributed by atoms with Gasteiger partial charge in [-0.2, -0.15) is 0 Å². The van der Waals surface area contributed by atoms with Gasteiger partial charge in [-0.05, 0) is 37.1 Å². The minimum absolute atomic E-state index is 0.0560. The Labute approximate surface area is 95.7 Å². The molecule has 2 N–H and O–H groups in total. The number of aryl methyl sites for hydroxylation is 1. The average molecular weight is 226 g/mol. The summed E-state index contributed by atoms with van der Waals surface area (Å²) in [6, 6.07) is 6.03. The van der Waals surface area contributed by atoms with E-state index in [9.17, 15) is 0 Å². The van der Waals surface area contributed by atoms with Crippen LogP contribution in [0.3, 0.4) is 0 Å². The van der Waals surface area contributed by atoms with E-state index in [0.29, 0.717) is 6.61 Å². The minimum atomic E-state index is 0.0560. The van der Waals surface area contributed by atoms with Crippen molar-refractivity contribution in [1.82, 2.24) is 0 Å². The first-order valence-corrected chi connectivity index (χ1v) is 5.33. The molecule has 0 unspecified atom stereocenters. The summed E-state index contributed by atoms with van der Waals surface area (Å²) in [4.78, 5) is 0. The maximum atomic E-state index is 5.78. The van der Waals surface area contributed by atoms with Gasteiger partial charge < -0.3 is 10.5 Å². The fraction of sp³-hybridized carbons (Fsp3) is 0.333. The average Bonchev–Trinajstić information content (AvgIpc) is 2.20. The molecule has 0 aliphatic rings. The van der Waals surface area contributed by atoms with Crippen LogP contribution in [0.2, 0.25) is 0 Å². The molecule has 1 aromatic carbocycles. The molecule has 0 radical (unpaired) electrons.